The molecule has 1 aromatic carbocycles. The largest absolute Gasteiger partial charge is 0.418 e. The van der Waals surface area contributed by atoms with Gasteiger partial charge in [-0.15, -0.1) is 21.5 Å². The smallest absolute Gasteiger partial charge is 0.257 e. The second kappa shape index (κ2) is 6.60. The van der Waals surface area contributed by atoms with Gasteiger partial charge in [-0.05, 0) is 43.0 Å². The van der Waals surface area contributed by atoms with Crippen molar-refractivity contribution in [3.05, 3.63) is 58.3 Å². The summed E-state index contributed by atoms with van der Waals surface area (Å²) in [7, 11) is 0. The molecule has 114 valence electrons. The fraction of sp³-hybridized carbons (Fsp3) is 0.250. The Hall–Kier alpha value is -1.69. The number of nitrogens with one attached hydrogen (secondary N) is 1. The molecule has 0 aliphatic heterocycles. The summed E-state index contributed by atoms with van der Waals surface area (Å²) in [5.41, 5.74) is 1.16. The van der Waals surface area contributed by atoms with Crippen LogP contribution in [0.25, 0.3) is 10.8 Å². The fourth-order valence-corrected chi connectivity index (χ4v) is 2.97. The van der Waals surface area contributed by atoms with E-state index in [9.17, 15) is 0 Å². The number of halogens is 1. The third-order valence-corrected chi connectivity index (χ3v) is 4.52. The Morgan fingerprint density at radius 1 is 1.09 bits per heavy atom. The van der Waals surface area contributed by atoms with Crippen LogP contribution in [-0.2, 0) is 0 Å². The second-order valence-corrected chi connectivity index (χ2v) is 6.47. The highest BCUT2D eigenvalue weighted by atomic mass is 35.5. The molecule has 2 heterocycles. The summed E-state index contributed by atoms with van der Waals surface area (Å²) in [6.45, 7) is 4.11. The zero-order valence-corrected chi connectivity index (χ0v) is 13.9. The molecule has 2 atom stereocenters. The maximum Gasteiger partial charge on any atom is 0.257 e. The third-order valence-electron chi connectivity index (χ3n) is 3.41. The van der Waals surface area contributed by atoms with Crippen LogP contribution >= 0.6 is 22.9 Å². The number of thiophene rings is 1. The van der Waals surface area contributed by atoms with Crippen LogP contribution < -0.4 is 5.32 Å². The van der Waals surface area contributed by atoms with Crippen LogP contribution in [0, 0.1) is 0 Å². The average Bonchev–Trinajstić information content (AvgIpc) is 3.19. The SMILES string of the molecule is CC(NC(C)c1nnc(-c2cccs2)o1)c1ccc(Cl)cc1. The Morgan fingerprint density at radius 3 is 2.55 bits per heavy atom. The Morgan fingerprint density at radius 2 is 1.86 bits per heavy atom. The van der Waals surface area contributed by atoms with E-state index in [1.165, 1.54) is 0 Å². The first-order chi connectivity index (χ1) is 10.6. The molecule has 2 unspecified atom stereocenters. The molecular weight excluding hydrogens is 318 g/mol. The van der Waals surface area contributed by atoms with Gasteiger partial charge < -0.3 is 4.42 Å². The molecule has 0 spiro atoms. The van der Waals surface area contributed by atoms with E-state index in [2.05, 4.69) is 22.4 Å². The van der Waals surface area contributed by atoms with Crippen molar-refractivity contribution in [1.82, 2.24) is 15.5 Å². The Bertz CT molecular complexity index is 724. The molecule has 4 nitrogen and oxygen atoms in total. The molecule has 6 heteroatoms. The summed E-state index contributed by atoms with van der Waals surface area (Å²) in [4.78, 5) is 0.983. The van der Waals surface area contributed by atoms with E-state index in [1.54, 1.807) is 11.3 Å². The monoisotopic (exact) mass is 333 g/mol. The number of benzene rings is 1. The van der Waals surface area contributed by atoms with Crippen molar-refractivity contribution in [2.24, 2.45) is 0 Å². The molecule has 0 fully saturated rings. The summed E-state index contributed by atoms with van der Waals surface area (Å²) in [6.07, 6.45) is 0. The zero-order chi connectivity index (χ0) is 15.5. The molecule has 22 heavy (non-hydrogen) atoms. The number of hydrogen-bond acceptors (Lipinski definition) is 5. The highest BCUT2D eigenvalue weighted by molar-refractivity contribution is 7.13. The van der Waals surface area contributed by atoms with Crippen LogP contribution in [0.15, 0.2) is 46.2 Å². The van der Waals surface area contributed by atoms with Gasteiger partial charge in [-0.1, -0.05) is 29.8 Å². The van der Waals surface area contributed by atoms with Gasteiger partial charge >= 0.3 is 0 Å². The highest BCUT2D eigenvalue weighted by Crippen LogP contribution is 2.26. The van der Waals surface area contributed by atoms with Gasteiger partial charge in [0.2, 0.25) is 5.89 Å². The van der Waals surface area contributed by atoms with Crippen molar-refractivity contribution in [3.8, 4) is 10.8 Å². The molecule has 2 aromatic heterocycles. The summed E-state index contributed by atoms with van der Waals surface area (Å²) >= 11 is 7.50. The van der Waals surface area contributed by atoms with Gasteiger partial charge in [-0.2, -0.15) is 0 Å². The molecule has 3 rings (SSSR count). The molecule has 0 bridgehead atoms. The maximum atomic E-state index is 5.92. The average molecular weight is 334 g/mol. The van der Waals surface area contributed by atoms with Gasteiger partial charge in [0.05, 0.1) is 10.9 Å². The fourth-order valence-electron chi connectivity index (χ4n) is 2.20. The van der Waals surface area contributed by atoms with Crippen LogP contribution in [0.5, 0.6) is 0 Å². The number of rotatable bonds is 5. The lowest BCUT2D eigenvalue weighted by molar-refractivity contribution is 0.395. The van der Waals surface area contributed by atoms with Gasteiger partial charge in [0, 0.05) is 11.1 Å². The minimum Gasteiger partial charge on any atom is -0.418 e. The van der Waals surface area contributed by atoms with E-state index in [0.29, 0.717) is 11.8 Å². The van der Waals surface area contributed by atoms with Crippen LogP contribution in [0.2, 0.25) is 5.02 Å². The predicted molar refractivity (Wildman–Crippen MR) is 89.0 cm³/mol. The second-order valence-electron chi connectivity index (χ2n) is 5.08. The summed E-state index contributed by atoms with van der Waals surface area (Å²) in [5.74, 6) is 1.15. The predicted octanol–water partition coefficient (Wildman–Crippen LogP) is 4.86. The maximum absolute atomic E-state index is 5.92. The topological polar surface area (TPSA) is 51.0 Å². The van der Waals surface area contributed by atoms with Crippen LogP contribution in [0.3, 0.4) is 0 Å². The Balaban J connectivity index is 1.69. The van der Waals surface area contributed by atoms with Crippen LogP contribution in [-0.4, -0.2) is 10.2 Å². The molecule has 1 N–H and O–H groups in total. The molecule has 3 aromatic rings. The van der Waals surface area contributed by atoms with E-state index in [-0.39, 0.29) is 12.1 Å². The lowest BCUT2D eigenvalue weighted by Gasteiger charge is -2.17. The summed E-state index contributed by atoms with van der Waals surface area (Å²) in [5, 5.41) is 14.4. The van der Waals surface area contributed by atoms with E-state index < -0.39 is 0 Å². The first kappa shape index (κ1) is 15.2. The van der Waals surface area contributed by atoms with Gasteiger partial charge in [0.25, 0.3) is 5.89 Å². The van der Waals surface area contributed by atoms with Gasteiger partial charge in [0.1, 0.15) is 0 Å². The van der Waals surface area contributed by atoms with Crippen molar-refractivity contribution >= 4 is 22.9 Å². The first-order valence-electron chi connectivity index (χ1n) is 7.02. The molecule has 0 aliphatic carbocycles. The zero-order valence-electron chi connectivity index (χ0n) is 12.3. The van der Waals surface area contributed by atoms with Gasteiger partial charge in [-0.3, -0.25) is 5.32 Å². The summed E-state index contributed by atoms with van der Waals surface area (Å²) in [6, 6.07) is 11.9. The summed E-state index contributed by atoms with van der Waals surface area (Å²) < 4.78 is 5.75. The van der Waals surface area contributed by atoms with E-state index in [0.717, 1.165) is 15.5 Å². The minimum atomic E-state index is -0.0353. The Labute approximate surface area is 138 Å². The van der Waals surface area contributed by atoms with E-state index in [1.807, 2.05) is 48.7 Å². The molecule has 0 saturated heterocycles. The lowest BCUT2D eigenvalue weighted by atomic mass is 10.1. The third kappa shape index (κ3) is 3.38. The molecule has 0 radical (unpaired) electrons. The highest BCUT2D eigenvalue weighted by Gasteiger charge is 2.17. The van der Waals surface area contributed by atoms with Crippen molar-refractivity contribution < 1.29 is 4.42 Å². The molecule has 0 saturated carbocycles. The van der Waals surface area contributed by atoms with E-state index >= 15 is 0 Å². The van der Waals surface area contributed by atoms with Crippen molar-refractivity contribution in [2.75, 3.05) is 0 Å². The number of hydrogen-bond donors (Lipinski definition) is 1. The van der Waals surface area contributed by atoms with Gasteiger partial charge in [-0.25, -0.2) is 0 Å². The van der Waals surface area contributed by atoms with Crippen molar-refractivity contribution in [3.63, 3.8) is 0 Å². The first-order valence-corrected chi connectivity index (χ1v) is 8.28. The molecule has 0 amide bonds. The standard InChI is InChI=1S/C16H16ClN3OS/c1-10(12-5-7-13(17)8-6-12)18-11(2)15-19-20-16(21-15)14-4-3-9-22-14/h3-11,18H,1-2H3. The van der Waals surface area contributed by atoms with Crippen molar-refractivity contribution in [2.45, 2.75) is 25.9 Å². The normalized spacial score (nSPS) is 14.0. The Kier molecular flexibility index (Phi) is 4.57. The number of nitrogens with zero attached hydrogens (tertiary/aromatic N) is 2. The molecular formula is C16H16ClN3OS. The van der Waals surface area contributed by atoms with Crippen LogP contribution in [0.4, 0.5) is 0 Å². The van der Waals surface area contributed by atoms with Crippen LogP contribution in [0.1, 0.15) is 37.4 Å². The quantitative estimate of drug-likeness (QED) is 0.724. The van der Waals surface area contributed by atoms with Crippen molar-refractivity contribution in [1.29, 1.82) is 0 Å². The molecule has 0 aliphatic rings. The van der Waals surface area contributed by atoms with Gasteiger partial charge in [0.15, 0.2) is 0 Å². The minimum absolute atomic E-state index is 0.0353. The number of aromatic nitrogens is 2. The van der Waals surface area contributed by atoms with E-state index in [4.69, 9.17) is 16.0 Å². The lowest BCUT2D eigenvalue weighted by Crippen LogP contribution is -2.22.